The van der Waals surface area contributed by atoms with E-state index in [0.29, 0.717) is 19.5 Å². The second-order valence-electron chi connectivity index (χ2n) is 6.74. The highest BCUT2D eigenvalue weighted by atomic mass is 16.5. The van der Waals surface area contributed by atoms with Gasteiger partial charge in [-0.1, -0.05) is 30.3 Å². The Hall–Kier alpha value is -3.68. The van der Waals surface area contributed by atoms with Gasteiger partial charge in [0, 0.05) is 36.0 Å². The average molecular weight is 390 g/mol. The predicted molar refractivity (Wildman–Crippen MR) is 109 cm³/mol. The van der Waals surface area contributed by atoms with E-state index in [9.17, 15) is 4.79 Å². The van der Waals surface area contributed by atoms with Crippen molar-refractivity contribution < 1.29 is 9.53 Å². The molecule has 1 atom stereocenters. The number of fused-ring (bicyclic) bond motifs is 1. The van der Waals surface area contributed by atoms with E-state index >= 15 is 0 Å². The van der Waals surface area contributed by atoms with E-state index in [1.165, 1.54) is 6.33 Å². The van der Waals surface area contributed by atoms with Crippen LogP contribution in [0.2, 0.25) is 0 Å². The zero-order chi connectivity index (χ0) is 20.1. The molecule has 8 heteroatoms. The fourth-order valence-electron chi connectivity index (χ4n) is 3.43. The SMILES string of the molecule is COc1ccc([C@@H](CNC(=O)CCn2cnnn2)c2c[nH]c3ccccc23)cc1. The van der Waals surface area contributed by atoms with Crippen molar-refractivity contribution in [1.29, 1.82) is 0 Å². The highest BCUT2D eigenvalue weighted by Crippen LogP contribution is 2.31. The fraction of sp³-hybridized carbons (Fsp3) is 0.238. The molecule has 29 heavy (non-hydrogen) atoms. The van der Waals surface area contributed by atoms with Gasteiger partial charge in [0.2, 0.25) is 5.91 Å². The molecule has 2 N–H and O–H groups in total. The Bertz CT molecular complexity index is 1070. The molecule has 8 nitrogen and oxygen atoms in total. The highest BCUT2D eigenvalue weighted by Gasteiger charge is 2.19. The van der Waals surface area contributed by atoms with Crippen molar-refractivity contribution in [3.8, 4) is 5.75 Å². The number of amides is 1. The molecule has 148 valence electrons. The summed E-state index contributed by atoms with van der Waals surface area (Å²) in [6.45, 7) is 0.932. The third-order valence-electron chi connectivity index (χ3n) is 4.98. The summed E-state index contributed by atoms with van der Waals surface area (Å²) >= 11 is 0. The molecule has 0 aliphatic rings. The van der Waals surface area contributed by atoms with Gasteiger partial charge in [-0.15, -0.1) is 5.10 Å². The first-order chi connectivity index (χ1) is 14.2. The molecule has 0 spiro atoms. The summed E-state index contributed by atoms with van der Waals surface area (Å²) in [7, 11) is 1.65. The number of hydrogen-bond donors (Lipinski definition) is 2. The van der Waals surface area contributed by atoms with Gasteiger partial charge < -0.3 is 15.0 Å². The average Bonchev–Trinajstić information content (AvgIpc) is 3.43. The van der Waals surface area contributed by atoms with Gasteiger partial charge in [0.1, 0.15) is 12.1 Å². The van der Waals surface area contributed by atoms with Crippen LogP contribution in [0.15, 0.2) is 61.1 Å². The minimum Gasteiger partial charge on any atom is -0.497 e. The molecule has 0 saturated carbocycles. The van der Waals surface area contributed by atoms with Gasteiger partial charge in [-0.3, -0.25) is 4.79 Å². The third-order valence-corrected chi connectivity index (χ3v) is 4.98. The number of ether oxygens (including phenoxy) is 1. The molecule has 0 saturated heterocycles. The maximum atomic E-state index is 12.4. The molecule has 1 amide bonds. The second kappa shape index (κ2) is 8.55. The van der Waals surface area contributed by atoms with Crippen molar-refractivity contribution >= 4 is 16.8 Å². The smallest absolute Gasteiger partial charge is 0.221 e. The van der Waals surface area contributed by atoms with Crippen molar-refractivity contribution in [2.24, 2.45) is 0 Å². The normalized spacial score (nSPS) is 12.0. The van der Waals surface area contributed by atoms with Gasteiger partial charge in [-0.25, -0.2) is 4.68 Å². The zero-order valence-electron chi connectivity index (χ0n) is 16.1. The molecule has 0 aliphatic heterocycles. The van der Waals surface area contributed by atoms with E-state index in [1.807, 2.05) is 42.6 Å². The summed E-state index contributed by atoms with van der Waals surface area (Å²) < 4.78 is 6.82. The standard InChI is InChI=1S/C21H22N6O2/c1-29-16-8-6-15(7-9-16)18(19-13-22-20-5-3-2-4-17(19)20)12-23-21(28)10-11-27-14-24-25-26-27/h2-9,13-14,18,22H,10-12H2,1H3,(H,23,28)/t18-/m1/s1. The molecule has 4 rings (SSSR count). The lowest BCUT2D eigenvalue weighted by atomic mass is 9.90. The second-order valence-corrected chi connectivity index (χ2v) is 6.74. The number of nitrogens with zero attached hydrogens (tertiary/aromatic N) is 4. The number of H-pyrrole nitrogens is 1. The van der Waals surface area contributed by atoms with E-state index in [-0.39, 0.29) is 11.8 Å². The molecule has 2 aromatic heterocycles. The maximum absolute atomic E-state index is 12.4. The van der Waals surface area contributed by atoms with Crippen LogP contribution in [0.5, 0.6) is 5.75 Å². The topological polar surface area (TPSA) is 97.7 Å². The molecule has 2 heterocycles. The first-order valence-corrected chi connectivity index (χ1v) is 9.42. The number of methoxy groups -OCH3 is 1. The Labute approximate surface area is 167 Å². The number of tetrazole rings is 1. The van der Waals surface area contributed by atoms with Crippen molar-refractivity contribution in [2.45, 2.75) is 18.9 Å². The number of aromatic nitrogens is 5. The zero-order valence-corrected chi connectivity index (χ0v) is 16.1. The summed E-state index contributed by atoms with van der Waals surface area (Å²) in [6.07, 6.45) is 3.83. The third kappa shape index (κ3) is 4.26. The van der Waals surface area contributed by atoms with E-state index < -0.39 is 0 Å². The summed E-state index contributed by atoms with van der Waals surface area (Å²) in [6, 6.07) is 16.1. The van der Waals surface area contributed by atoms with E-state index in [1.54, 1.807) is 11.8 Å². The van der Waals surface area contributed by atoms with Gasteiger partial charge in [0.25, 0.3) is 0 Å². The van der Waals surface area contributed by atoms with Crippen molar-refractivity contribution in [1.82, 2.24) is 30.5 Å². The van der Waals surface area contributed by atoms with Gasteiger partial charge >= 0.3 is 0 Å². The highest BCUT2D eigenvalue weighted by molar-refractivity contribution is 5.84. The number of para-hydroxylation sites is 1. The van der Waals surface area contributed by atoms with Crippen LogP contribution in [0.25, 0.3) is 10.9 Å². The summed E-state index contributed by atoms with van der Waals surface area (Å²) in [5.74, 6) is 0.768. The van der Waals surface area contributed by atoms with Crippen LogP contribution in [0, 0.1) is 0 Å². The Balaban J connectivity index is 1.54. The number of benzene rings is 2. The Morgan fingerprint density at radius 1 is 1.21 bits per heavy atom. The molecule has 0 aliphatic carbocycles. The number of hydrogen-bond acceptors (Lipinski definition) is 5. The number of nitrogens with one attached hydrogen (secondary N) is 2. The number of carbonyl (C=O) groups is 1. The van der Waals surface area contributed by atoms with Crippen LogP contribution in [-0.2, 0) is 11.3 Å². The fourth-order valence-corrected chi connectivity index (χ4v) is 3.43. The van der Waals surface area contributed by atoms with Crippen LogP contribution < -0.4 is 10.1 Å². The van der Waals surface area contributed by atoms with Gasteiger partial charge in [-0.2, -0.15) is 0 Å². The molecule has 4 aromatic rings. The lowest BCUT2D eigenvalue weighted by Gasteiger charge is -2.18. The van der Waals surface area contributed by atoms with Crippen LogP contribution in [0.3, 0.4) is 0 Å². The Kier molecular flexibility index (Phi) is 5.51. The van der Waals surface area contributed by atoms with Crippen LogP contribution >= 0.6 is 0 Å². The molecule has 0 unspecified atom stereocenters. The van der Waals surface area contributed by atoms with Crippen LogP contribution in [0.4, 0.5) is 0 Å². The Morgan fingerprint density at radius 3 is 2.79 bits per heavy atom. The lowest BCUT2D eigenvalue weighted by molar-refractivity contribution is -0.121. The van der Waals surface area contributed by atoms with Crippen molar-refractivity contribution in [3.63, 3.8) is 0 Å². The number of aryl methyl sites for hydroxylation is 1. The first-order valence-electron chi connectivity index (χ1n) is 9.42. The van der Waals surface area contributed by atoms with Crippen LogP contribution in [0.1, 0.15) is 23.5 Å². The lowest BCUT2D eigenvalue weighted by Crippen LogP contribution is -2.29. The molecule has 0 fully saturated rings. The molecular weight excluding hydrogens is 368 g/mol. The van der Waals surface area contributed by atoms with E-state index in [2.05, 4.69) is 38.0 Å². The maximum Gasteiger partial charge on any atom is 0.221 e. The number of rotatable bonds is 8. The molecular formula is C21H22N6O2. The summed E-state index contributed by atoms with van der Waals surface area (Å²) in [5, 5.41) is 15.1. The van der Waals surface area contributed by atoms with Crippen molar-refractivity contribution in [3.05, 3.63) is 72.2 Å². The minimum absolute atomic E-state index is 0.00837. The predicted octanol–water partition coefficient (Wildman–Crippen LogP) is 2.50. The molecule has 2 aromatic carbocycles. The van der Waals surface area contributed by atoms with E-state index in [4.69, 9.17) is 4.74 Å². The number of aromatic amines is 1. The summed E-state index contributed by atoms with van der Waals surface area (Å²) in [4.78, 5) is 15.7. The number of carbonyl (C=O) groups excluding carboxylic acids is 1. The monoisotopic (exact) mass is 390 g/mol. The summed E-state index contributed by atoms with van der Waals surface area (Å²) in [5.41, 5.74) is 3.33. The first kappa shape index (κ1) is 18.7. The molecule has 0 bridgehead atoms. The van der Waals surface area contributed by atoms with Crippen molar-refractivity contribution in [2.75, 3.05) is 13.7 Å². The van der Waals surface area contributed by atoms with E-state index in [0.717, 1.165) is 27.8 Å². The molecule has 0 radical (unpaired) electrons. The van der Waals surface area contributed by atoms with Crippen LogP contribution in [-0.4, -0.2) is 44.8 Å². The minimum atomic E-state index is -0.0427. The Morgan fingerprint density at radius 2 is 2.03 bits per heavy atom. The quantitative estimate of drug-likeness (QED) is 0.482. The largest absolute Gasteiger partial charge is 0.497 e. The van der Waals surface area contributed by atoms with Gasteiger partial charge in [0.05, 0.1) is 13.7 Å². The van der Waals surface area contributed by atoms with Gasteiger partial charge in [0.15, 0.2) is 0 Å². The van der Waals surface area contributed by atoms with Gasteiger partial charge in [-0.05, 0) is 39.8 Å².